The van der Waals surface area contributed by atoms with E-state index in [9.17, 15) is 4.79 Å². The molecule has 0 spiro atoms. The normalized spacial score (nSPS) is 12.4. The Morgan fingerprint density at radius 2 is 1.86 bits per heavy atom. The predicted molar refractivity (Wildman–Crippen MR) is 181 cm³/mol. The Morgan fingerprint density at radius 3 is 2.52 bits per heavy atom. The van der Waals surface area contributed by atoms with Gasteiger partial charge in [-0.15, -0.1) is 0 Å². The van der Waals surface area contributed by atoms with Crippen molar-refractivity contribution in [2.24, 2.45) is 22.2 Å². The van der Waals surface area contributed by atoms with Crippen LogP contribution in [0.25, 0.3) is 28.0 Å². The van der Waals surface area contributed by atoms with Gasteiger partial charge in [0.25, 0.3) is 0 Å². The zero-order chi connectivity index (χ0) is 32.2. The summed E-state index contributed by atoms with van der Waals surface area (Å²) < 4.78 is 16.6. The van der Waals surface area contributed by atoms with E-state index in [-0.39, 0.29) is 23.1 Å². The number of nitrogens with zero attached hydrogens (tertiary/aromatic N) is 3. The summed E-state index contributed by atoms with van der Waals surface area (Å²) in [6, 6.07) is 13.4. The molecule has 0 saturated carbocycles. The number of benzene rings is 2. The Labute approximate surface area is 264 Å². The minimum Gasteiger partial charge on any atom is -0.370 e. The number of nitrogens with one attached hydrogen (secondary N) is 2. The van der Waals surface area contributed by atoms with E-state index < -0.39 is 11.5 Å². The molecule has 8 N–H and O–H groups in total. The molecule has 44 heavy (non-hydrogen) atoms. The maximum atomic E-state index is 15.1. The summed E-state index contributed by atoms with van der Waals surface area (Å²) in [5.74, 6) is -0.416. The van der Waals surface area contributed by atoms with Gasteiger partial charge in [0.2, 0.25) is 0 Å². The summed E-state index contributed by atoms with van der Waals surface area (Å²) in [6.45, 7) is 9.46. The van der Waals surface area contributed by atoms with Crippen LogP contribution in [0.4, 0.5) is 4.39 Å². The van der Waals surface area contributed by atoms with E-state index in [1.54, 1.807) is 24.4 Å². The molecule has 2 aromatic heterocycles. The lowest BCUT2D eigenvalue weighted by molar-refractivity contribution is 0.490. The number of rotatable bonds is 14. The number of aryl methyl sites for hydroxylation is 1. The van der Waals surface area contributed by atoms with E-state index in [1.165, 1.54) is 4.57 Å². The number of halogens is 2. The highest BCUT2D eigenvalue weighted by atomic mass is 35.5. The second-order valence-corrected chi connectivity index (χ2v) is 11.1. The van der Waals surface area contributed by atoms with Crippen molar-refractivity contribution in [3.8, 4) is 16.9 Å². The van der Waals surface area contributed by atoms with Crippen molar-refractivity contribution in [2.75, 3.05) is 13.1 Å². The van der Waals surface area contributed by atoms with Gasteiger partial charge in [0.1, 0.15) is 5.65 Å². The number of fused-ring (bicyclic) bond motifs is 1. The zero-order valence-corrected chi connectivity index (χ0v) is 26.9. The highest BCUT2D eigenvalue weighted by Gasteiger charge is 2.16. The number of nitrogens with two attached hydrogens (primary N) is 3. The molecular formula is C33H46ClFN8O. The van der Waals surface area contributed by atoms with Crippen LogP contribution in [0.5, 0.6) is 0 Å². The van der Waals surface area contributed by atoms with Crippen molar-refractivity contribution < 1.29 is 4.39 Å². The molecule has 0 saturated heterocycles. The molecule has 0 amide bonds. The lowest BCUT2D eigenvalue weighted by Crippen LogP contribution is -2.25. The monoisotopic (exact) mass is 624 g/mol. The van der Waals surface area contributed by atoms with Crippen molar-refractivity contribution in [3.63, 3.8) is 0 Å². The molecule has 0 radical (unpaired) electrons. The first-order valence-electron chi connectivity index (χ1n) is 15.4. The smallest absolute Gasteiger partial charge is 0.354 e. The molecule has 2 unspecified atom stereocenters. The number of guanidine groups is 1. The topological polar surface area (TPSA) is 153 Å². The van der Waals surface area contributed by atoms with Crippen LogP contribution in [0.1, 0.15) is 77.0 Å². The van der Waals surface area contributed by atoms with Gasteiger partial charge in [-0.25, -0.2) is 9.18 Å². The molecule has 11 heteroatoms. The lowest BCUT2D eigenvalue weighted by atomic mass is 10.0. The first-order valence-corrected chi connectivity index (χ1v) is 15.8. The Bertz CT molecular complexity index is 1580. The maximum absolute atomic E-state index is 15.1. The van der Waals surface area contributed by atoms with Gasteiger partial charge in [-0.3, -0.25) is 9.56 Å². The van der Waals surface area contributed by atoms with E-state index in [1.807, 2.05) is 45.0 Å². The molecule has 0 bridgehead atoms. The summed E-state index contributed by atoms with van der Waals surface area (Å²) >= 11 is 6.25. The van der Waals surface area contributed by atoms with E-state index in [0.29, 0.717) is 34.5 Å². The fraction of sp³-hybridized carbons (Fsp3) is 0.424. The Hall–Kier alpha value is -3.73. The van der Waals surface area contributed by atoms with E-state index in [4.69, 9.17) is 28.8 Å². The fourth-order valence-corrected chi connectivity index (χ4v) is 5.29. The molecule has 0 aliphatic carbocycles. The standard InChI is InChI=1S/C31H40ClFN8O.C2H6/c1-3-6-26(37-13-5-14-38-30(35)36)21-9-11-23(12-10-21)41-18-22-17-27(39-29(22)40-31(41)42)24-15-20(8-4-7-19(2)34)16-25(32)28(24)33;1-2/h9-12,15-19,26,37H,3-8,13-14,34H2,1-2H3,(H4,35,36,38)(H,39,40,42);1-2H3. The van der Waals surface area contributed by atoms with E-state index in [0.717, 1.165) is 56.2 Å². The first-order chi connectivity index (χ1) is 21.2. The first kappa shape index (κ1) is 34.8. The molecule has 238 valence electrons. The largest absolute Gasteiger partial charge is 0.370 e. The summed E-state index contributed by atoms with van der Waals surface area (Å²) in [5, 5.41) is 4.30. The minimum atomic E-state index is -0.517. The number of aromatic amines is 1. The van der Waals surface area contributed by atoms with Gasteiger partial charge >= 0.3 is 5.69 Å². The van der Waals surface area contributed by atoms with Gasteiger partial charge in [-0.05, 0) is 87.0 Å². The van der Waals surface area contributed by atoms with Gasteiger partial charge in [-0.2, -0.15) is 4.98 Å². The third-order valence-corrected chi connectivity index (χ3v) is 7.46. The maximum Gasteiger partial charge on any atom is 0.354 e. The molecule has 9 nitrogen and oxygen atoms in total. The quantitative estimate of drug-likeness (QED) is 0.0662. The number of hydrogen-bond donors (Lipinski definition) is 5. The molecule has 0 fully saturated rings. The van der Waals surface area contributed by atoms with Gasteiger partial charge in [0, 0.05) is 35.8 Å². The highest BCUT2D eigenvalue weighted by molar-refractivity contribution is 6.31. The van der Waals surface area contributed by atoms with Crippen LogP contribution in [-0.4, -0.2) is 39.6 Å². The molecule has 2 atom stereocenters. The SMILES string of the molecule is CC.CCCC(NCCCN=C(N)N)c1ccc(-n2cc3cc(-c4cc(CCCC(C)N)cc(Cl)c4F)[nH]c3nc2=O)cc1. The van der Waals surface area contributed by atoms with Crippen molar-refractivity contribution in [3.05, 3.63) is 81.1 Å². The van der Waals surface area contributed by atoms with Crippen molar-refractivity contribution >= 4 is 28.6 Å². The van der Waals surface area contributed by atoms with Gasteiger partial charge in [0.15, 0.2) is 11.8 Å². The molecule has 0 aliphatic rings. The predicted octanol–water partition coefficient (Wildman–Crippen LogP) is 5.96. The second kappa shape index (κ2) is 16.9. The molecular weight excluding hydrogens is 579 g/mol. The minimum absolute atomic E-state index is 0.0548. The number of aliphatic imine (C=N–C) groups is 1. The number of H-pyrrole nitrogens is 1. The zero-order valence-electron chi connectivity index (χ0n) is 26.2. The third-order valence-electron chi connectivity index (χ3n) is 7.18. The van der Waals surface area contributed by atoms with Crippen LogP contribution in [-0.2, 0) is 6.42 Å². The highest BCUT2D eigenvalue weighted by Crippen LogP contribution is 2.31. The van der Waals surface area contributed by atoms with Crippen LogP contribution in [0, 0.1) is 5.82 Å². The molecule has 4 aromatic rings. The van der Waals surface area contributed by atoms with Crippen molar-refractivity contribution in [1.29, 1.82) is 0 Å². The summed E-state index contributed by atoms with van der Waals surface area (Å²) in [6.07, 6.45) is 7.01. The van der Waals surface area contributed by atoms with Gasteiger partial charge in [-0.1, -0.05) is 50.9 Å². The summed E-state index contributed by atoms with van der Waals surface area (Å²) in [4.78, 5) is 24.4. The van der Waals surface area contributed by atoms with Crippen LogP contribution >= 0.6 is 11.6 Å². The Balaban J connectivity index is 0.00000259. The van der Waals surface area contributed by atoms with Gasteiger partial charge in [0.05, 0.1) is 16.4 Å². The molecule has 4 rings (SSSR count). The van der Waals surface area contributed by atoms with Crippen molar-refractivity contribution in [2.45, 2.75) is 78.3 Å². The fourth-order valence-electron chi connectivity index (χ4n) is 5.04. The Morgan fingerprint density at radius 1 is 1.14 bits per heavy atom. The molecule has 0 aliphatic heterocycles. The van der Waals surface area contributed by atoms with E-state index >= 15 is 4.39 Å². The van der Waals surface area contributed by atoms with Crippen LogP contribution in [0.2, 0.25) is 5.02 Å². The second-order valence-electron chi connectivity index (χ2n) is 10.7. The third kappa shape index (κ3) is 9.38. The number of aromatic nitrogens is 3. The van der Waals surface area contributed by atoms with Crippen molar-refractivity contribution in [1.82, 2.24) is 19.9 Å². The van der Waals surface area contributed by atoms with Crippen LogP contribution < -0.4 is 28.2 Å². The van der Waals surface area contributed by atoms with Crippen LogP contribution in [0.15, 0.2) is 58.4 Å². The molecule has 2 heterocycles. The Kier molecular flexibility index (Phi) is 13.4. The summed E-state index contributed by atoms with van der Waals surface area (Å²) in [5.41, 5.74) is 20.2. The lowest BCUT2D eigenvalue weighted by Gasteiger charge is -2.19. The molecule has 2 aromatic carbocycles. The number of hydrogen-bond acceptors (Lipinski definition) is 5. The van der Waals surface area contributed by atoms with Gasteiger partial charge < -0.3 is 27.5 Å². The van der Waals surface area contributed by atoms with E-state index in [2.05, 4.69) is 27.2 Å². The average Bonchev–Trinajstić information content (AvgIpc) is 3.41. The average molecular weight is 625 g/mol. The summed E-state index contributed by atoms with van der Waals surface area (Å²) in [7, 11) is 0. The van der Waals surface area contributed by atoms with Crippen LogP contribution in [0.3, 0.4) is 0 Å².